The number of halogens is 1. The lowest BCUT2D eigenvalue weighted by Gasteiger charge is -2.10. The highest BCUT2D eigenvalue weighted by Crippen LogP contribution is 2.28. The molecule has 1 unspecified atom stereocenters. The maximum absolute atomic E-state index is 13.9. The van der Waals surface area contributed by atoms with Gasteiger partial charge in [0.05, 0.1) is 6.04 Å². The molecule has 2 aromatic carbocycles. The summed E-state index contributed by atoms with van der Waals surface area (Å²) in [5, 5.41) is 0.973. The van der Waals surface area contributed by atoms with Crippen molar-refractivity contribution >= 4 is 11.0 Å². The molecule has 96 valence electrons. The van der Waals surface area contributed by atoms with Crippen LogP contribution in [0.25, 0.3) is 11.0 Å². The first-order valence-electron chi connectivity index (χ1n) is 6.15. The number of furan rings is 1. The van der Waals surface area contributed by atoms with E-state index in [-0.39, 0.29) is 5.82 Å². The Morgan fingerprint density at radius 1 is 1.11 bits per heavy atom. The second-order valence-corrected chi connectivity index (χ2v) is 4.69. The normalized spacial score (nSPS) is 12.8. The van der Waals surface area contributed by atoms with E-state index in [0.29, 0.717) is 11.3 Å². The molecule has 0 saturated heterocycles. The van der Waals surface area contributed by atoms with Crippen LogP contribution in [-0.2, 0) is 0 Å². The van der Waals surface area contributed by atoms with E-state index in [2.05, 4.69) is 0 Å². The van der Waals surface area contributed by atoms with Gasteiger partial charge >= 0.3 is 0 Å². The summed E-state index contributed by atoms with van der Waals surface area (Å²) in [7, 11) is 0. The van der Waals surface area contributed by atoms with Gasteiger partial charge in [-0.1, -0.05) is 30.3 Å². The second kappa shape index (κ2) is 4.52. The largest absolute Gasteiger partial charge is 0.459 e. The van der Waals surface area contributed by atoms with Crippen LogP contribution in [0.1, 0.15) is 22.9 Å². The van der Waals surface area contributed by atoms with Crippen LogP contribution in [0.5, 0.6) is 0 Å². The highest BCUT2D eigenvalue weighted by Gasteiger charge is 2.17. The van der Waals surface area contributed by atoms with Gasteiger partial charge in [0.15, 0.2) is 0 Å². The van der Waals surface area contributed by atoms with Crippen LogP contribution in [0.4, 0.5) is 4.39 Å². The van der Waals surface area contributed by atoms with Gasteiger partial charge in [0.1, 0.15) is 17.2 Å². The average molecular weight is 255 g/mol. The molecule has 0 bridgehead atoms. The molecular formula is C16H14FNO. The molecule has 0 aliphatic rings. The molecule has 0 radical (unpaired) electrons. The Morgan fingerprint density at radius 3 is 2.63 bits per heavy atom. The van der Waals surface area contributed by atoms with E-state index in [4.69, 9.17) is 10.2 Å². The number of rotatable bonds is 2. The Kier molecular flexibility index (Phi) is 2.84. The van der Waals surface area contributed by atoms with Crippen molar-refractivity contribution in [2.75, 3.05) is 0 Å². The van der Waals surface area contributed by atoms with Crippen LogP contribution in [0.15, 0.2) is 52.9 Å². The highest BCUT2D eigenvalue weighted by atomic mass is 19.1. The summed E-state index contributed by atoms with van der Waals surface area (Å²) in [6.45, 7) is 1.85. The fourth-order valence-electron chi connectivity index (χ4n) is 2.19. The predicted molar refractivity (Wildman–Crippen MR) is 73.4 cm³/mol. The summed E-state index contributed by atoms with van der Waals surface area (Å²) in [5.41, 5.74) is 8.18. The Labute approximate surface area is 110 Å². The smallest absolute Gasteiger partial charge is 0.134 e. The van der Waals surface area contributed by atoms with Gasteiger partial charge in [-0.05, 0) is 30.7 Å². The van der Waals surface area contributed by atoms with Crippen molar-refractivity contribution in [1.82, 2.24) is 0 Å². The lowest BCUT2D eigenvalue weighted by molar-refractivity contribution is 0.510. The van der Waals surface area contributed by atoms with Gasteiger partial charge < -0.3 is 10.2 Å². The average Bonchev–Trinajstić information content (AvgIpc) is 2.81. The summed E-state index contributed by atoms with van der Waals surface area (Å²) < 4.78 is 19.6. The van der Waals surface area contributed by atoms with E-state index < -0.39 is 6.04 Å². The summed E-state index contributed by atoms with van der Waals surface area (Å²) in [6.07, 6.45) is 0. The lowest BCUT2D eigenvalue weighted by atomic mass is 10.0. The third-order valence-corrected chi connectivity index (χ3v) is 3.24. The van der Waals surface area contributed by atoms with E-state index in [0.717, 1.165) is 16.5 Å². The van der Waals surface area contributed by atoms with Crippen molar-refractivity contribution in [3.05, 3.63) is 71.2 Å². The van der Waals surface area contributed by atoms with Crippen LogP contribution in [-0.4, -0.2) is 0 Å². The predicted octanol–water partition coefficient (Wildman–Crippen LogP) is 3.93. The fourth-order valence-corrected chi connectivity index (χ4v) is 2.19. The summed E-state index contributed by atoms with van der Waals surface area (Å²) in [6, 6.07) is 14.0. The quantitative estimate of drug-likeness (QED) is 0.753. The second-order valence-electron chi connectivity index (χ2n) is 4.69. The molecule has 0 saturated carbocycles. The summed E-state index contributed by atoms with van der Waals surface area (Å²) in [5.74, 6) is 0.275. The minimum absolute atomic E-state index is 0.298. The van der Waals surface area contributed by atoms with Crippen LogP contribution in [0.2, 0.25) is 0 Å². The molecule has 1 aromatic heterocycles. The Morgan fingerprint density at radius 2 is 1.89 bits per heavy atom. The van der Waals surface area contributed by atoms with E-state index in [1.54, 1.807) is 6.07 Å². The van der Waals surface area contributed by atoms with Gasteiger partial charge in [-0.15, -0.1) is 0 Å². The first-order chi connectivity index (χ1) is 9.15. The van der Waals surface area contributed by atoms with Crippen molar-refractivity contribution in [3.8, 4) is 0 Å². The third kappa shape index (κ3) is 2.13. The topological polar surface area (TPSA) is 39.2 Å². The summed E-state index contributed by atoms with van der Waals surface area (Å²) >= 11 is 0. The number of hydrogen-bond acceptors (Lipinski definition) is 2. The van der Waals surface area contributed by atoms with E-state index in [9.17, 15) is 4.39 Å². The van der Waals surface area contributed by atoms with Crippen molar-refractivity contribution in [3.63, 3.8) is 0 Å². The number of aryl methyl sites for hydroxylation is 1. The van der Waals surface area contributed by atoms with Crippen molar-refractivity contribution < 1.29 is 8.81 Å². The molecule has 2 N–H and O–H groups in total. The molecule has 2 nitrogen and oxygen atoms in total. The number of fused-ring (bicyclic) bond motifs is 1. The molecule has 0 aliphatic carbocycles. The van der Waals surface area contributed by atoms with E-state index in [1.807, 2.05) is 43.3 Å². The van der Waals surface area contributed by atoms with Crippen LogP contribution < -0.4 is 5.73 Å². The van der Waals surface area contributed by atoms with E-state index >= 15 is 0 Å². The Balaban J connectivity index is 2.05. The first kappa shape index (κ1) is 11.9. The van der Waals surface area contributed by atoms with E-state index in [1.165, 1.54) is 6.07 Å². The molecule has 3 heteroatoms. The minimum Gasteiger partial charge on any atom is -0.459 e. The number of benzene rings is 2. The maximum atomic E-state index is 13.9. The molecular weight excluding hydrogens is 241 g/mol. The van der Waals surface area contributed by atoms with Crippen LogP contribution >= 0.6 is 0 Å². The van der Waals surface area contributed by atoms with Gasteiger partial charge in [-0.25, -0.2) is 4.39 Å². The van der Waals surface area contributed by atoms with Gasteiger partial charge in [-0.3, -0.25) is 0 Å². The number of hydrogen-bond donors (Lipinski definition) is 1. The van der Waals surface area contributed by atoms with Crippen molar-refractivity contribution in [2.45, 2.75) is 13.0 Å². The van der Waals surface area contributed by atoms with Crippen LogP contribution in [0.3, 0.4) is 0 Å². The first-order valence-corrected chi connectivity index (χ1v) is 6.15. The molecule has 0 amide bonds. The Hall–Kier alpha value is -2.13. The monoisotopic (exact) mass is 255 g/mol. The van der Waals surface area contributed by atoms with Crippen molar-refractivity contribution in [2.24, 2.45) is 5.73 Å². The fraction of sp³-hybridized carbons (Fsp3) is 0.125. The third-order valence-electron chi connectivity index (χ3n) is 3.24. The number of para-hydroxylation sites is 1. The standard InChI is InChI=1S/C16H14FNO/c1-10-6-7-12(13(17)8-10)16(18)15-9-11-4-2-3-5-14(11)19-15/h2-9,16H,18H2,1H3. The zero-order valence-electron chi connectivity index (χ0n) is 10.6. The van der Waals surface area contributed by atoms with Gasteiger partial charge in [0.25, 0.3) is 0 Å². The Bertz CT molecular complexity index is 699. The zero-order valence-corrected chi connectivity index (χ0v) is 10.6. The molecule has 0 aliphatic heterocycles. The molecule has 1 heterocycles. The molecule has 0 fully saturated rings. The van der Waals surface area contributed by atoms with Crippen LogP contribution in [0, 0.1) is 12.7 Å². The molecule has 0 spiro atoms. The lowest BCUT2D eigenvalue weighted by Crippen LogP contribution is -2.12. The molecule has 3 rings (SSSR count). The summed E-state index contributed by atoms with van der Waals surface area (Å²) in [4.78, 5) is 0. The SMILES string of the molecule is Cc1ccc(C(N)c2cc3ccccc3o2)c(F)c1. The van der Waals surface area contributed by atoms with Gasteiger partial charge in [-0.2, -0.15) is 0 Å². The molecule has 1 atom stereocenters. The minimum atomic E-state index is -0.590. The van der Waals surface area contributed by atoms with Gasteiger partial charge in [0.2, 0.25) is 0 Å². The maximum Gasteiger partial charge on any atom is 0.134 e. The zero-order chi connectivity index (χ0) is 13.4. The van der Waals surface area contributed by atoms with Gasteiger partial charge in [0, 0.05) is 10.9 Å². The molecule has 3 aromatic rings. The highest BCUT2D eigenvalue weighted by molar-refractivity contribution is 5.77. The molecule has 19 heavy (non-hydrogen) atoms. The van der Waals surface area contributed by atoms with Crippen molar-refractivity contribution in [1.29, 1.82) is 0 Å². The number of nitrogens with two attached hydrogens (primary N) is 1.